The van der Waals surface area contributed by atoms with Crippen molar-refractivity contribution in [3.05, 3.63) is 83.1 Å². The maximum Gasteiger partial charge on any atom is 0.264 e. The molecule has 1 amide bonds. The summed E-state index contributed by atoms with van der Waals surface area (Å²) in [4.78, 5) is 14.3. The monoisotopic (exact) mass is 506 g/mol. The quantitative estimate of drug-likeness (QED) is 0.431. The first-order chi connectivity index (χ1) is 16.1. The van der Waals surface area contributed by atoms with Crippen molar-refractivity contribution in [1.82, 2.24) is 4.90 Å². The van der Waals surface area contributed by atoms with E-state index in [9.17, 15) is 17.6 Å². The normalized spacial score (nSPS) is 11.1. The van der Waals surface area contributed by atoms with Crippen molar-refractivity contribution < 1.29 is 27.1 Å². The van der Waals surface area contributed by atoms with Gasteiger partial charge in [-0.2, -0.15) is 0 Å². The molecule has 0 bridgehead atoms. The van der Waals surface area contributed by atoms with E-state index in [-0.39, 0.29) is 22.9 Å². The summed E-state index contributed by atoms with van der Waals surface area (Å²) in [5.41, 5.74) is 0.973. The number of rotatable bonds is 9. The molecule has 180 valence electrons. The maximum atomic E-state index is 13.6. The second kappa shape index (κ2) is 10.8. The van der Waals surface area contributed by atoms with Crippen LogP contribution in [0.25, 0.3) is 0 Å². The average Bonchev–Trinajstić information content (AvgIpc) is 2.83. The predicted octanol–water partition coefficient (Wildman–Crippen LogP) is 4.35. The van der Waals surface area contributed by atoms with Crippen LogP contribution < -0.4 is 13.8 Å². The summed E-state index contributed by atoms with van der Waals surface area (Å²) >= 11 is 5.91. The Hall–Kier alpha value is -3.30. The van der Waals surface area contributed by atoms with E-state index < -0.39 is 28.3 Å². The summed E-state index contributed by atoms with van der Waals surface area (Å²) in [5, 5.41) is 0.571. The van der Waals surface area contributed by atoms with Crippen molar-refractivity contribution in [3.8, 4) is 11.5 Å². The second-order valence-corrected chi connectivity index (χ2v) is 9.68. The zero-order chi connectivity index (χ0) is 24.9. The zero-order valence-electron chi connectivity index (χ0n) is 18.9. The fraction of sp³-hybridized carbons (Fsp3) is 0.208. The highest BCUT2D eigenvalue weighted by Crippen LogP contribution is 2.32. The standard InChI is InChI=1S/C24H24ClFN2O5S/c1-27(15-17-4-6-18(25)7-5-17)24(29)16-28(20-10-8-19(26)9-11-20)34(30,31)21-12-13-22(32-2)23(14-21)33-3/h4-14H,15-16H2,1-3H3. The molecular formula is C24H24ClFN2O5S. The number of methoxy groups -OCH3 is 2. The van der Waals surface area contributed by atoms with E-state index in [1.54, 1.807) is 31.3 Å². The number of sulfonamides is 1. The van der Waals surface area contributed by atoms with Crippen molar-refractivity contribution in [2.24, 2.45) is 0 Å². The number of carbonyl (C=O) groups is 1. The number of ether oxygens (including phenoxy) is 2. The third kappa shape index (κ3) is 5.78. The topological polar surface area (TPSA) is 76.2 Å². The number of amides is 1. The summed E-state index contributed by atoms with van der Waals surface area (Å²) in [6.45, 7) is -0.240. The molecule has 0 saturated heterocycles. The molecule has 34 heavy (non-hydrogen) atoms. The number of likely N-dealkylation sites (N-methyl/N-ethyl adjacent to an activating group) is 1. The van der Waals surface area contributed by atoms with Gasteiger partial charge in [-0.25, -0.2) is 12.8 Å². The lowest BCUT2D eigenvalue weighted by molar-refractivity contribution is -0.128. The predicted molar refractivity (Wildman–Crippen MR) is 128 cm³/mol. The zero-order valence-corrected chi connectivity index (χ0v) is 20.4. The van der Waals surface area contributed by atoms with Gasteiger partial charge >= 0.3 is 0 Å². The molecule has 0 atom stereocenters. The summed E-state index contributed by atoms with van der Waals surface area (Å²) in [5.74, 6) is -0.413. The number of hydrogen-bond donors (Lipinski definition) is 0. The third-order valence-electron chi connectivity index (χ3n) is 5.10. The molecule has 0 saturated carbocycles. The van der Waals surface area contributed by atoms with Crippen LogP contribution in [0, 0.1) is 5.82 Å². The Morgan fingerprint density at radius 3 is 2.15 bits per heavy atom. The number of nitrogens with zero attached hydrogens (tertiary/aromatic N) is 2. The van der Waals surface area contributed by atoms with E-state index in [1.807, 2.05) is 0 Å². The molecule has 3 aromatic rings. The van der Waals surface area contributed by atoms with Gasteiger partial charge in [0.25, 0.3) is 10.0 Å². The SMILES string of the molecule is COc1ccc(S(=O)(=O)N(CC(=O)N(C)Cc2ccc(Cl)cc2)c2ccc(F)cc2)cc1OC. The summed E-state index contributed by atoms with van der Waals surface area (Å²) in [7, 11) is 0.178. The lowest BCUT2D eigenvalue weighted by atomic mass is 10.2. The first-order valence-corrected chi connectivity index (χ1v) is 12.0. The molecule has 3 aromatic carbocycles. The number of benzene rings is 3. The average molecular weight is 507 g/mol. The fourth-order valence-electron chi connectivity index (χ4n) is 3.22. The van der Waals surface area contributed by atoms with Gasteiger partial charge in [0, 0.05) is 24.7 Å². The first-order valence-electron chi connectivity index (χ1n) is 10.1. The lowest BCUT2D eigenvalue weighted by Crippen LogP contribution is -2.41. The molecule has 7 nitrogen and oxygen atoms in total. The Kier molecular flexibility index (Phi) is 8.01. The van der Waals surface area contributed by atoms with E-state index in [2.05, 4.69) is 0 Å². The van der Waals surface area contributed by atoms with Crippen LogP contribution in [-0.2, 0) is 21.4 Å². The van der Waals surface area contributed by atoms with Crippen LogP contribution in [-0.4, -0.2) is 47.0 Å². The van der Waals surface area contributed by atoms with Gasteiger partial charge in [-0.1, -0.05) is 23.7 Å². The highest BCUT2D eigenvalue weighted by atomic mass is 35.5. The number of carbonyl (C=O) groups excluding carboxylic acids is 1. The van der Waals surface area contributed by atoms with Crippen molar-refractivity contribution in [1.29, 1.82) is 0 Å². The lowest BCUT2D eigenvalue weighted by Gasteiger charge is -2.27. The van der Waals surface area contributed by atoms with Gasteiger partial charge in [-0.3, -0.25) is 9.10 Å². The number of anilines is 1. The van der Waals surface area contributed by atoms with E-state index in [4.69, 9.17) is 21.1 Å². The van der Waals surface area contributed by atoms with E-state index in [0.717, 1.165) is 22.0 Å². The Labute approximate surface area is 203 Å². The molecule has 10 heteroatoms. The van der Waals surface area contributed by atoms with Crippen molar-refractivity contribution in [2.45, 2.75) is 11.4 Å². The van der Waals surface area contributed by atoms with E-state index in [0.29, 0.717) is 10.8 Å². The van der Waals surface area contributed by atoms with Crippen LogP contribution in [0.3, 0.4) is 0 Å². The van der Waals surface area contributed by atoms with Gasteiger partial charge in [0.15, 0.2) is 11.5 Å². The number of hydrogen-bond acceptors (Lipinski definition) is 5. The summed E-state index contributed by atoms with van der Waals surface area (Å²) in [6.07, 6.45) is 0. The molecule has 0 aliphatic rings. The molecule has 0 fully saturated rings. The molecule has 0 spiro atoms. The van der Waals surface area contributed by atoms with Gasteiger partial charge in [-0.05, 0) is 54.1 Å². The van der Waals surface area contributed by atoms with Gasteiger partial charge in [-0.15, -0.1) is 0 Å². The van der Waals surface area contributed by atoms with Gasteiger partial charge in [0.05, 0.1) is 24.8 Å². The molecule has 3 rings (SSSR count). The number of halogens is 2. The second-order valence-electron chi connectivity index (χ2n) is 7.38. The molecule has 0 heterocycles. The van der Waals surface area contributed by atoms with Gasteiger partial charge < -0.3 is 14.4 Å². The minimum Gasteiger partial charge on any atom is -0.493 e. The maximum absolute atomic E-state index is 13.6. The van der Waals surface area contributed by atoms with Crippen molar-refractivity contribution >= 4 is 33.2 Å². The smallest absolute Gasteiger partial charge is 0.264 e. The molecule has 0 unspecified atom stereocenters. The van der Waals surface area contributed by atoms with Gasteiger partial charge in [0.1, 0.15) is 12.4 Å². The first kappa shape index (κ1) is 25.3. The third-order valence-corrected chi connectivity index (χ3v) is 7.12. The fourth-order valence-corrected chi connectivity index (χ4v) is 4.78. The minimum atomic E-state index is -4.22. The van der Waals surface area contributed by atoms with Crippen LogP contribution in [0.5, 0.6) is 11.5 Å². The van der Waals surface area contributed by atoms with Crippen molar-refractivity contribution in [3.63, 3.8) is 0 Å². The Balaban J connectivity index is 1.94. The highest BCUT2D eigenvalue weighted by Gasteiger charge is 2.29. The van der Waals surface area contributed by atoms with Gasteiger partial charge in [0.2, 0.25) is 5.91 Å². The Morgan fingerprint density at radius 2 is 1.56 bits per heavy atom. The van der Waals surface area contributed by atoms with Crippen molar-refractivity contribution in [2.75, 3.05) is 32.1 Å². The van der Waals surface area contributed by atoms with E-state index in [1.165, 1.54) is 49.5 Å². The molecule has 0 N–H and O–H groups in total. The Bertz CT molecular complexity index is 1250. The Morgan fingerprint density at radius 1 is 0.941 bits per heavy atom. The largest absolute Gasteiger partial charge is 0.493 e. The molecule has 0 aromatic heterocycles. The highest BCUT2D eigenvalue weighted by molar-refractivity contribution is 7.92. The van der Waals surface area contributed by atoms with E-state index >= 15 is 0 Å². The van der Waals surface area contributed by atoms with Crippen LogP contribution >= 0.6 is 11.6 Å². The van der Waals surface area contributed by atoms with Crippen LogP contribution in [0.4, 0.5) is 10.1 Å². The summed E-state index contributed by atoms with van der Waals surface area (Å²) in [6, 6.07) is 16.0. The molecule has 0 aliphatic carbocycles. The molecular weight excluding hydrogens is 483 g/mol. The summed E-state index contributed by atoms with van der Waals surface area (Å²) < 4.78 is 52.1. The minimum absolute atomic E-state index is 0.109. The van der Waals surface area contributed by atoms with Crippen LogP contribution in [0.15, 0.2) is 71.6 Å². The van der Waals surface area contributed by atoms with Crippen LogP contribution in [0.2, 0.25) is 5.02 Å². The molecule has 0 aliphatic heterocycles. The molecule has 0 radical (unpaired) electrons. The van der Waals surface area contributed by atoms with Crippen LogP contribution in [0.1, 0.15) is 5.56 Å².